The Morgan fingerprint density at radius 3 is 2.90 bits per heavy atom. The minimum absolute atomic E-state index is 0.0463. The maximum atomic E-state index is 8.79. The van der Waals surface area contributed by atoms with E-state index in [9.17, 15) is 0 Å². The summed E-state index contributed by atoms with van der Waals surface area (Å²) in [5.41, 5.74) is 0.978. The van der Waals surface area contributed by atoms with Crippen molar-refractivity contribution in [1.82, 2.24) is 19.9 Å². The van der Waals surface area contributed by atoms with E-state index >= 15 is 0 Å². The summed E-state index contributed by atoms with van der Waals surface area (Å²) in [5.74, 6) is 0.367. The van der Waals surface area contributed by atoms with Crippen LogP contribution in [0.3, 0.4) is 0 Å². The van der Waals surface area contributed by atoms with E-state index in [0.29, 0.717) is 25.5 Å². The van der Waals surface area contributed by atoms with Gasteiger partial charge in [0.2, 0.25) is 11.2 Å². The number of ether oxygens (including phenoxy) is 1. The molecule has 0 aliphatic carbocycles. The molecular weight excluding hydrogens is 292 g/mol. The molecule has 0 atom stereocenters. The van der Waals surface area contributed by atoms with Crippen molar-refractivity contribution in [3.8, 4) is 12.1 Å². The lowest BCUT2D eigenvalue weighted by atomic mass is 10.2. The Labute approximate surface area is 127 Å². The van der Waals surface area contributed by atoms with Crippen molar-refractivity contribution in [2.75, 3.05) is 18.6 Å². The predicted molar refractivity (Wildman–Crippen MR) is 76.9 cm³/mol. The van der Waals surface area contributed by atoms with E-state index in [0.717, 1.165) is 5.56 Å². The Kier molecular flexibility index (Phi) is 5.23. The fourth-order valence-corrected chi connectivity index (χ4v) is 1.85. The maximum Gasteiger partial charge on any atom is 0.322 e. The smallest absolute Gasteiger partial charge is 0.322 e. The van der Waals surface area contributed by atoms with Crippen molar-refractivity contribution in [2.45, 2.75) is 13.0 Å². The van der Waals surface area contributed by atoms with Crippen LogP contribution in [0.25, 0.3) is 0 Å². The Hall–Kier alpha value is -2.46. The Morgan fingerprint density at radius 1 is 1.38 bits per heavy atom. The molecule has 0 radical (unpaired) electrons. The minimum Gasteiger partial charge on any atom is -0.467 e. The van der Waals surface area contributed by atoms with Gasteiger partial charge in [0, 0.05) is 25.5 Å². The van der Waals surface area contributed by atoms with Gasteiger partial charge in [-0.25, -0.2) is 0 Å². The van der Waals surface area contributed by atoms with Crippen LogP contribution in [0.15, 0.2) is 24.5 Å². The molecule has 0 spiro atoms. The molecule has 0 amide bonds. The summed E-state index contributed by atoms with van der Waals surface area (Å²) in [5, 5.41) is 8.84. The van der Waals surface area contributed by atoms with Gasteiger partial charge in [0.25, 0.3) is 0 Å². The zero-order chi connectivity index (χ0) is 15.1. The van der Waals surface area contributed by atoms with Gasteiger partial charge in [0.05, 0.1) is 19.6 Å². The van der Waals surface area contributed by atoms with Crippen molar-refractivity contribution in [3.63, 3.8) is 0 Å². The molecule has 0 aromatic carbocycles. The average Bonchev–Trinajstić information content (AvgIpc) is 2.51. The predicted octanol–water partition coefficient (Wildman–Crippen LogP) is 1.85. The highest BCUT2D eigenvalue weighted by atomic mass is 35.5. The van der Waals surface area contributed by atoms with Crippen molar-refractivity contribution >= 4 is 17.5 Å². The molecule has 108 valence electrons. The van der Waals surface area contributed by atoms with Crippen LogP contribution in [-0.4, -0.2) is 33.6 Å². The third-order valence-corrected chi connectivity index (χ3v) is 2.80. The normalized spacial score (nSPS) is 9.95. The zero-order valence-corrected chi connectivity index (χ0v) is 12.2. The van der Waals surface area contributed by atoms with E-state index in [2.05, 4.69) is 26.0 Å². The van der Waals surface area contributed by atoms with Crippen LogP contribution in [0, 0.1) is 11.3 Å². The third-order valence-electron chi connectivity index (χ3n) is 2.63. The third kappa shape index (κ3) is 4.26. The van der Waals surface area contributed by atoms with E-state index in [1.165, 1.54) is 7.11 Å². The first-order valence-corrected chi connectivity index (χ1v) is 6.57. The molecule has 0 aliphatic heterocycles. The molecule has 2 heterocycles. The van der Waals surface area contributed by atoms with E-state index in [1.807, 2.05) is 17.0 Å². The van der Waals surface area contributed by atoms with Crippen LogP contribution >= 0.6 is 11.6 Å². The van der Waals surface area contributed by atoms with E-state index < -0.39 is 0 Å². The first kappa shape index (κ1) is 14.9. The molecule has 2 aromatic heterocycles. The van der Waals surface area contributed by atoms with Crippen LogP contribution in [-0.2, 0) is 6.54 Å². The molecule has 0 saturated heterocycles. The number of halogens is 1. The number of hydrogen-bond donors (Lipinski definition) is 0. The molecule has 2 rings (SSSR count). The fourth-order valence-electron chi connectivity index (χ4n) is 1.70. The Morgan fingerprint density at radius 2 is 2.24 bits per heavy atom. The van der Waals surface area contributed by atoms with Crippen LogP contribution < -0.4 is 9.64 Å². The van der Waals surface area contributed by atoms with E-state index in [-0.39, 0.29) is 11.3 Å². The number of aromatic nitrogens is 4. The van der Waals surface area contributed by atoms with Crippen molar-refractivity contribution in [1.29, 1.82) is 5.26 Å². The summed E-state index contributed by atoms with van der Waals surface area (Å²) in [4.78, 5) is 18.0. The van der Waals surface area contributed by atoms with Crippen molar-refractivity contribution < 1.29 is 4.74 Å². The molecule has 0 bridgehead atoms. The first-order chi connectivity index (χ1) is 10.2. The summed E-state index contributed by atoms with van der Waals surface area (Å²) in [6, 6.07) is 6.02. The number of pyridine rings is 1. The SMILES string of the molecule is COc1nc(Cl)nc(N(CCC#N)Cc2cccnc2)n1. The fraction of sp³-hybridized carbons (Fsp3) is 0.308. The summed E-state index contributed by atoms with van der Waals surface area (Å²) >= 11 is 5.86. The van der Waals surface area contributed by atoms with E-state index in [1.54, 1.807) is 12.4 Å². The highest BCUT2D eigenvalue weighted by Gasteiger charge is 2.14. The number of nitrogens with zero attached hydrogens (tertiary/aromatic N) is 6. The highest BCUT2D eigenvalue weighted by Crippen LogP contribution is 2.17. The second-order valence-corrected chi connectivity index (χ2v) is 4.42. The summed E-state index contributed by atoms with van der Waals surface area (Å²) in [7, 11) is 1.45. The Balaban J connectivity index is 2.27. The van der Waals surface area contributed by atoms with Gasteiger partial charge >= 0.3 is 6.01 Å². The van der Waals surface area contributed by atoms with Crippen LogP contribution in [0.4, 0.5) is 5.95 Å². The lowest BCUT2D eigenvalue weighted by Crippen LogP contribution is -2.26. The molecule has 0 N–H and O–H groups in total. The number of rotatable bonds is 6. The summed E-state index contributed by atoms with van der Waals surface area (Å²) in [6.45, 7) is 0.980. The van der Waals surface area contributed by atoms with Crippen molar-refractivity contribution in [2.24, 2.45) is 0 Å². The van der Waals surface area contributed by atoms with Crippen LogP contribution in [0.1, 0.15) is 12.0 Å². The molecular formula is C13H13ClN6O. The lowest BCUT2D eigenvalue weighted by molar-refractivity contribution is 0.378. The largest absolute Gasteiger partial charge is 0.467 e. The minimum atomic E-state index is 0.0463. The quantitative estimate of drug-likeness (QED) is 0.804. The van der Waals surface area contributed by atoms with Gasteiger partial charge in [-0.05, 0) is 23.2 Å². The van der Waals surface area contributed by atoms with Gasteiger partial charge in [-0.15, -0.1) is 0 Å². The highest BCUT2D eigenvalue weighted by molar-refractivity contribution is 6.28. The molecule has 0 saturated carbocycles. The number of hydrogen-bond acceptors (Lipinski definition) is 7. The van der Waals surface area contributed by atoms with Gasteiger partial charge in [-0.2, -0.15) is 20.2 Å². The van der Waals surface area contributed by atoms with Crippen LogP contribution in [0.5, 0.6) is 6.01 Å². The lowest BCUT2D eigenvalue weighted by Gasteiger charge is -2.21. The molecule has 8 heteroatoms. The monoisotopic (exact) mass is 304 g/mol. The van der Waals surface area contributed by atoms with Gasteiger partial charge in [-0.3, -0.25) is 4.98 Å². The van der Waals surface area contributed by atoms with Gasteiger partial charge in [0.15, 0.2) is 0 Å². The van der Waals surface area contributed by atoms with E-state index in [4.69, 9.17) is 21.6 Å². The van der Waals surface area contributed by atoms with Gasteiger partial charge in [0.1, 0.15) is 0 Å². The number of nitriles is 1. The van der Waals surface area contributed by atoms with Crippen molar-refractivity contribution in [3.05, 3.63) is 35.4 Å². The van der Waals surface area contributed by atoms with Gasteiger partial charge in [-0.1, -0.05) is 6.07 Å². The maximum absolute atomic E-state index is 8.79. The molecule has 0 aliphatic rings. The second kappa shape index (κ2) is 7.36. The van der Waals surface area contributed by atoms with Gasteiger partial charge < -0.3 is 9.64 Å². The molecule has 2 aromatic rings. The molecule has 7 nitrogen and oxygen atoms in total. The molecule has 21 heavy (non-hydrogen) atoms. The molecule has 0 fully saturated rings. The Bertz CT molecular complexity index is 630. The molecule has 0 unspecified atom stereocenters. The zero-order valence-electron chi connectivity index (χ0n) is 11.4. The summed E-state index contributed by atoms with van der Waals surface area (Å²) < 4.78 is 4.99. The standard InChI is InChI=1S/C13H13ClN6O/c1-21-13-18-11(14)17-12(19-13)20(7-3-5-15)9-10-4-2-6-16-8-10/h2,4,6,8H,3,7,9H2,1H3. The first-order valence-electron chi connectivity index (χ1n) is 6.19. The van der Waals surface area contributed by atoms with Crippen LogP contribution in [0.2, 0.25) is 5.28 Å². The number of anilines is 1. The summed E-state index contributed by atoms with van der Waals surface area (Å²) in [6.07, 6.45) is 3.79. The second-order valence-electron chi connectivity index (χ2n) is 4.08. The number of methoxy groups -OCH3 is 1. The topological polar surface area (TPSA) is 87.8 Å². The average molecular weight is 305 g/mol.